The second-order valence-electron chi connectivity index (χ2n) is 3.63. The van der Waals surface area contributed by atoms with Gasteiger partial charge < -0.3 is 15.2 Å². The lowest BCUT2D eigenvalue weighted by atomic mass is 10.1. The van der Waals surface area contributed by atoms with Gasteiger partial charge in [-0.1, -0.05) is 11.6 Å². The lowest BCUT2D eigenvalue weighted by molar-refractivity contribution is -0.0621. The van der Waals surface area contributed by atoms with Crippen molar-refractivity contribution in [2.24, 2.45) is 0 Å². The van der Waals surface area contributed by atoms with Gasteiger partial charge in [-0.3, -0.25) is 0 Å². The Balaban J connectivity index is 2.16. The minimum atomic E-state index is -0.163. The van der Waals surface area contributed by atoms with Crippen molar-refractivity contribution in [3.63, 3.8) is 0 Å². The van der Waals surface area contributed by atoms with Gasteiger partial charge in [0.05, 0.1) is 18.8 Å². The van der Waals surface area contributed by atoms with Crippen LogP contribution in [0.15, 0.2) is 16.7 Å². The van der Waals surface area contributed by atoms with E-state index in [2.05, 4.69) is 26.2 Å². The first-order chi connectivity index (χ1) is 7.69. The molecular weight excluding hydrogens is 295 g/mol. The van der Waals surface area contributed by atoms with Crippen LogP contribution in [0.5, 0.6) is 0 Å². The van der Waals surface area contributed by atoms with E-state index in [1.165, 1.54) is 0 Å². The van der Waals surface area contributed by atoms with E-state index in [1.54, 1.807) is 6.07 Å². The molecule has 16 heavy (non-hydrogen) atoms. The summed E-state index contributed by atoms with van der Waals surface area (Å²) in [5, 5.41) is 12.7. The Morgan fingerprint density at radius 1 is 1.56 bits per heavy atom. The fourth-order valence-corrected chi connectivity index (χ4v) is 2.45. The van der Waals surface area contributed by atoms with Crippen LogP contribution in [0.3, 0.4) is 0 Å². The normalized spacial score (nSPS) is 25.7. The first-order valence-electron chi connectivity index (χ1n) is 4.99. The van der Waals surface area contributed by atoms with Gasteiger partial charge >= 0.3 is 0 Å². The summed E-state index contributed by atoms with van der Waals surface area (Å²) < 4.78 is 6.40. The van der Waals surface area contributed by atoms with E-state index < -0.39 is 0 Å². The highest BCUT2D eigenvalue weighted by Gasteiger charge is 2.23. The van der Waals surface area contributed by atoms with Crippen molar-refractivity contribution in [1.82, 2.24) is 10.3 Å². The fraction of sp³-hybridized carbons (Fsp3) is 0.500. The van der Waals surface area contributed by atoms with Crippen molar-refractivity contribution in [2.45, 2.75) is 12.2 Å². The van der Waals surface area contributed by atoms with E-state index >= 15 is 0 Å². The van der Waals surface area contributed by atoms with Crippen LogP contribution in [0, 0.1) is 0 Å². The first kappa shape index (κ1) is 12.3. The van der Waals surface area contributed by atoms with Crippen LogP contribution >= 0.6 is 27.5 Å². The van der Waals surface area contributed by atoms with E-state index in [-0.39, 0.29) is 18.8 Å². The molecule has 1 saturated heterocycles. The third kappa shape index (κ3) is 2.93. The van der Waals surface area contributed by atoms with Crippen LogP contribution in [-0.2, 0) is 4.74 Å². The lowest BCUT2D eigenvalue weighted by Crippen LogP contribution is -2.42. The number of aliphatic hydroxyl groups excluding tert-OH is 1. The minimum Gasteiger partial charge on any atom is -0.394 e. The summed E-state index contributed by atoms with van der Waals surface area (Å²) in [6.45, 7) is 1.40. The zero-order valence-corrected chi connectivity index (χ0v) is 10.8. The first-order valence-corrected chi connectivity index (χ1v) is 6.16. The van der Waals surface area contributed by atoms with E-state index in [4.69, 9.17) is 21.4 Å². The third-order valence-corrected chi connectivity index (χ3v) is 3.02. The summed E-state index contributed by atoms with van der Waals surface area (Å²) in [4.78, 5) is 4.03. The van der Waals surface area contributed by atoms with Crippen LogP contribution in [0.4, 0.5) is 0 Å². The molecular formula is C10H12BrClN2O2. The molecule has 2 N–H and O–H groups in total. The average Bonchev–Trinajstić information content (AvgIpc) is 2.28. The van der Waals surface area contributed by atoms with Gasteiger partial charge in [0.15, 0.2) is 0 Å². The number of nitrogens with one attached hydrogen (secondary N) is 1. The maximum Gasteiger partial charge on any atom is 0.130 e. The van der Waals surface area contributed by atoms with Gasteiger partial charge in [0, 0.05) is 13.1 Å². The summed E-state index contributed by atoms with van der Waals surface area (Å²) >= 11 is 9.16. The van der Waals surface area contributed by atoms with E-state index in [9.17, 15) is 0 Å². The number of rotatable bonds is 2. The zero-order valence-electron chi connectivity index (χ0n) is 8.49. The highest BCUT2D eigenvalue weighted by molar-refractivity contribution is 9.10. The van der Waals surface area contributed by atoms with Crippen molar-refractivity contribution in [1.29, 1.82) is 0 Å². The molecule has 0 bridgehead atoms. The Kier molecular flexibility index (Phi) is 4.16. The molecule has 0 amide bonds. The Bertz CT molecular complexity index is 358. The maximum atomic E-state index is 9.05. The Morgan fingerprint density at radius 3 is 3.06 bits per heavy atom. The van der Waals surface area contributed by atoms with Crippen LogP contribution in [0.25, 0.3) is 0 Å². The number of hydrogen-bond donors (Lipinski definition) is 2. The summed E-state index contributed by atoms with van der Waals surface area (Å²) in [5.74, 6) is 0. The van der Waals surface area contributed by atoms with E-state index in [1.807, 2.05) is 6.07 Å². The summed E-state index contributed by atoms with van der Waals surface area (Å²) in [6.07, 6.45) is -0.257. The molecule has 1 aromatic rings. The number of morpholine rings is 1. The monoisotopic (exact) mass is 306 g/mol. The van der Waals surface area contributed by atoms with Gasteiger partial charge in [0.2, 0.25) is 0 Å². The quantitative estimate of drug-likeness (QED) is 0.814. The number of ether oxygens (including phenoxy) is 1. The number of halogens is 2. The third-order valence-electron chi connectivity index (χ3n) is 2.42. The second kappa shape index (κ2) is 5.42. The standard InChI is InChI=1S/C10H12BrClN2O2/c11-9-1-6(2-10(12)14-9)8-4-13-3-7(5-15)16-8/h1-2,7-8,13,15H,3-5H2. The van der Waals surface area contributed by atoms with Crippen molar-refractivity contribution in [2.75, 3.05) is 19.7 Å². The zero-order chi connectivity index (χ0) is 11.5. The predicted octanol–water partition coefficient (Wildman–Crippen LogP) is 1.52. The molecule has 0 radical (unpaired) electrons. The molecule has 1 fully saturated rings. The molecule has 88 valence electrons. The number of nitrogens with zero attached hydrogens (tertiary/aromatic N) is 1. The molecule has 2 rings (SSSR count). The smallest absolute Gasteiger partial charge is 0.130 e. The van der Waals surface area contributed by atoms with Gasteiger partial charge in [-0.15, -0.1) is 0 Å². The van der Waals surface area contributed by atoms with Crippen LogP contribution in [0.1, 0.15) is 11.7 Å². The van der Waals surface area contributed by atoms with Gasteiger partial charge in [-0.25, -0.2) is 4.98 Å². The Morgan fingerprint density at radius 2 is 2.38 bits per heavy atom. The van der Waals surface area contributed by atoms with Gasteiger partial charge in [0.1, 0.15) is 9.76 Å². The highest BCUT2D eigenvalue weighted by Crippen LogP contribution is 2.25. The molecule has 2 heterocycles. The second-order valence-corrected chi connectivity index (χ2v) is 4.83. The van der Waals surface area contributed by atoms with Crippen molar-refractivity contribution in [3.05, 3.63) is 27.5 Å². The number of aliphatic hydroxyl groups is 1. The van der Waals surface area contributed by atoms with Crippen molar-refractivity contribution in [3.8, 4) is 0 Å². The molecule has 0 spiro atoms. The lowest BCUT2D eigenvalue weighted by Gasteiger charge is -2.30. The summed E-state index contributed by atoms with van der Waals surface area (Å²) in [5.41, 5.74) is 0.956. The van der Waals surface area contributed by atoms with Gasteiger partial charge in [-0.05, 0) is 33.6 Å². The van der Waals surface area contributed by atoms with Crippen molar-refractivity contribution >= 4 is 27.5 Å². The van der Waals surface area contributed by atoms with Gasteiger partial charge in [-0.2, -0.15) is 0 Å². The molecule has 6 heteroatoms. The summed E-state index contributed by atoms with van der Waals surface area (Å²) in [6, 6.07) is 3.65. The fourth-order valence-electron chi connectivity index (χ4n) is 1.68. The van der Waals surface area contributed by atoms with E-state index in [0.29, 0.717) is 22.8 Å². The molecule has 0 aliphatic carbocycles. The molecule has 2 atom stereocenters. The molecule has 1 aliphatic rings. The number of pyridine rings is 1. The van der Waals surface area contributed by atoms with Crippen LogP contribution in [-0.4, -0.2) is 35.9 Å². The van der Waals surface area contributed by atoms with Gasteiger partial charge in [0.25, 0.3) is 0 Å². The molecule has 0 aromatic carbocycles. The number of aromatic nitrogens is 1. The van der Waals surface area contributed by atoms with Crippen LogP contribution in [0.2, 0.25) is 5.15 Å². The SMILES string of the molecule is OCC1CNCC(c2cc(Cl)nc(Br)c2)O1. The van der Waals surface area contributed by atoms with E-state index in [0.717, 1.165) is 5.56 Å². The molecule has 2 unspecified atom stereocenters. The molecule has 1 aliphatic heterocycles. The van der Waals surface area contributed by atoms with Crippen molar-refractivity contribution < 1.29 is 9.84 Å². The number of hydrogen-bond acceptors (Lipinski definition) is 4. The van der Waals surface area contributed by atoms with Crippen LogP contribution < -0.4 is 5.32 Å². The predicted molar refractivity (Wildman–Crippen MR) is 64.5 cm³/mol. The summed E-state index contributed by atoms with van der Waals surface area (Å²) in [7, 11) is 0. The Labute approximate surface area is 107 Å². The topological polar surface area (TPSA) is 54.4 Å². The average molecular weight is 308 g/mol. The highest BCUT2D eigenvalue weighted by atomic mass is 79.9. The maximum absolute atomic E-state index is 9.05. The minimum absolute atomic E-state index is 0.0173. The molecule has 0 saturated carbocycles. The molecule has 4 nitrogen and oxygen atoms in total. The molecule has 1 aromatic heterocycles. The Hall–Kier alpha value is -0.200. The largest absolute Gasteiger partial charge is 0.394 e.